The SMILES string of the molecule is CC1(C)CCCC1C(=O)NCC1CCC(Br)C1. The van der Waals surface area contributed by atoms with Crippen molar-refractivity contribution in [3.8, 4) is 0 Å². The van der Waals surface area contributed by atoms with Crippen LogP contribution in [0.2, 0.25) is 0 Å². The lowest BCUT2D eigenvalue weighted by Crippen LogP contribution is -2.38. The van der Waals surface area contributed by atoms with Gasteiger partial charge in [-0.1, -0.05) is 36.2 Å². The number of hydrogen-bond acceptors (Lipinski definition) is 1. The molecule has 2 aliphatic rings. The van der Waals surface area contributed by atoms with Crippen LogP contribution in [-0.2, 0) is 4.79 Å². The zero-order valence-corrected chi connectivity index (χ0v) is 12.6. The molecular weight excluding hydrogens is 278 g/mol. The van der Waals surface area contributed by atoms with Crippen molar-refractivity contribution in [2.24, 2.45) is 17.3 Å². The van der Waals surface area contributed by atoms with Gasteiger partial charge in [-0.15, -0.1) is 0 Å². The minimum Gasteiger partial charge on any atom is -0.356 e. The fourth-order valence-electron chi connectivity index (χ4n) is 3.38. The quantitative estimate of drug-likeness (QED) is 0.794. The van der Waals surface area contributed by atoms with Gasteiger partial charge in [-0.25, -0.2) is 0 Å². The Morgan fingerprint density at radius 1 is 1.35 bits per heavy atom. The van der Waals surface area contributed by atoms with Crippen molar-refractivity contribution in [1.82, 2.24) is 5.32 Å². The van der Waals surface area contributed by atoms with Crippen molar-refractivity contribution in [3.05, 3.63) is 0 Å². The van der Waals surface area contributed by atoms with Gasteiger partial charge >= 0.3 is 0 Å². The van der Waals surface area contributed by atoms with E-state index in [0.29, 0.717) is 16.7 Å². The van der Waals surface area contributed by atoms with Gasteiger partial charge in [0.25, 0.3) is 0 Å². The molecule has 2 fully saturated rings. The summed E-state index contributed by atoms with van der Waals surface area (Å²) in [6.07, 6.45) is 7.20. The molecular formula is C14H24BrNO. The van der Waals surface area contributed by atoms with E-state index in [2.05, 4.69) is 35.1 Å². The van der Waals surface area contributed by atoms with Crippen LogP contribution in [0.15, 0.2) is 0 Å². The van der Waals surface area contributed by atoms with E-state index in [4.69, 9.17) is 0 Å². The topological polar surface area (TPSA) is 29.1 Å². The molecule has 2 aliphatic carbocycles. The van der Waals surface area contributed by atoms with E-state index >= 15 is 0 Å². The van der Waals surface area contributed by atoms with Crippen LogP contribution in [0.5, 0.6) is 0 Å². The van der Waals surface area contributed by atoms with Gasteiger partial charge in [0, 0.05) is 17.3 Å². The molecule has 2 rings (SSSR count). The Bertz CT molecular complexity index is 290. The van der Waals surface area contributed by atoms with Crippen LogP contribution in [0, 0.1) is 17.3 Å². The Morgan fingerprint density at radius 2 is 2.12 bits per heavy atom. The van der Waals surface area contributed by atoms with Crippen LogP contribution in [0.25, 0.3) is 0 Å². The summed E-state index contributed by atoms with van der Waals surface area (Å²) in [4.78, 5) is 12.8. The summed E-state index contributed by atoms with van der Waals surface area (Å²) >= 11 is 3.66. The summed E-state index contributed by atoms with van der Waals surface area (Å²) in [5.74, 6) is 1.22. The fourth-order valence-corrected chi connectivity index (χ4v) is 4.17. The predicted octanol–water partition coefficient (Wildman–Crippen LogP) is 3.49. The lowest BCUT2D eigenvalue weighted by molar-refractivity contribution is -0.127. The number of halogens is 1. The number of amides is 1. The minimum atomic E-state index is 0.206. The molecule has 98 valence electrons. The molecule has 3 atom stereocenters. The van der Waals surface area contributed by atoms with E-state index in [1.54, 1.807) is 0 Å². The highest BCUT2D eigenvalue weighted by Gasteiger charge is 2.39. The van der Waals surface area contributed by atoms with E-state index in [1.807, 2.05) is 0 Å². The van der Waals surface area contributed by atoms with E-state index in [9.17, 15) is 4.79 Å². The molecule has 0 saturated heterocycles. The molecule has 0 aromatic rings. The summed E-state index contributed by atoms with van der Waals surface area (Å²) in [6, 6.07) is 0. The first-order valence-electron chi connectivity index (χ1n) is 6.91. The normalized spacial score (nSPS) is 36.1. The average Bonchev–Trinajstić information content (AvgIpc) is 2.81. The summed E-state index contributed by atoms with van der Waals surface area (Å²) in [6.45, 7) is 5.34. The van der Waals surface area contributed by atoms with Gasteiger partial charge in [0.1, 0.15) is 0 Å². The third-order valence-electron chi connectivity index (χ3n) is 4.62. The summed E-state index contributed by atoms with van der Waals surface area (Å²) in [5, 5.41) is 3.18. The van der Waals surface area contributed by atoms with Crippen molar-refractivity contribution in [2.75, 3.05) is 6.54 Å². The second-order valence-corrected chi connectivity index (χ2v) is 7.75. The van der Waals surface area contributed by atoms with Gasteiger partial charge in [-0.2, -0.15) is 0 Å². The van der Waals surface area contributed by atoms with Crippen LogP contribution in [-0.4, -0.2) is 17.3 Å². The maximum atomic E-state index is 12.2. The molecule has 0 spiro atoms. The molecule has 3 unspecified atom stereocenters. The number of carbonyl (C=O) groups is 1. The molecule has 0 aliphatic heterocycles. The molecule has 0 aromatic carbocycles. The van der Waals surface area contributed by atoms with Crippen molar-refractivity contribution in [3.63, 3.8) is 0 Å². The Hall–Kier alpha value is -0.0500. The van der Waals surface area contributed by atoms with Crippen LogP contribution in [0.3, 0.4) is 0 Å². The third kappa shape index (κ3) is 3.24. The zero-order chi connectivity index (χ0) is 12.5. The van der Waals surface area contributed by atoms with Crippen LogP contribution in [0.1, 0.15) is 52.4 Å². The maximum Gasteiger partial charge on any atom is 0.223 e. The zero-order valence-electron chi connectivity index (χ0n) is 11.0. The Labute approximate surface area is 113 Å². The first-order valence-corrected chi connectivity index (χ1v) is 7.82. The molecule has 2 saturated carbocycles. The van der Waals surface area contributed by atoms with Gasteiger partial charge in [0.15, 0.2) is 0 Å². The number of carbonyl (C=O) groups excluding carboxylic acids is 1. The van der Waals surface area contributed by atoms with Crippen molar-refractivity contribution < 1.29 is 4.79 Å². The van der Waals surface area contributed by atoms with Gasteiger partial charge < -0.3 is 5.32 Å². The lowest BCUT2D eigenvalue weighted by atomic mass is 9.81. The van der Waals surface area contributed by atoms with Crippen LogP contribution in [0.4, 0.5) is 0 Å². The molecule has 1 amide bonds. The largest absolute Gasteiger partial charge is 0.356 e. The first-order chi connectivity index (χ1) is 7.99. The molecule has 0 aromatic heterocycles. The molecule has 0 bridgehead atoms. The lowest BCUT2D eigenvalue weighted by Gasteiger charge is -2.26. The number of nitrogens with one attached hydrogen (secondary N) is 1. The standard InChI is InChI=1S/C14H24BrNO/c1-14(2)7-3-4-12(14)13(17)16-9-10-5-6-11(15)8-10/h10-12H,3-9H2,1-2H3,(H,16,17). The number of hydrogen-bond donors (Lipinski definition) is 1. The highest BCUT2D eigenvalue weighted by Crippen LogP contribution is 2.42. The molecule has 0 radical (unpaired) electrons. The summed E-state index contributed by atoms with van der Waals surface area (Å²) in [7, 11) is 0. The van der Waals surface area contributed by atoms with Crippen molar-refractivity contribution >= 4 is 21.8 Å². The van der Waals surface area contributed by atoms with Gasteiger partial charge in [0.2, 0.25) is 5.91 Å². The highest BCUT2D eigenvalue weighted by atomic mass is 79.9. The van der Waals surface area contributed by atoms with Crippen LogP contribution < -0.4 is 5.32 Å². The van der Waals surface area contributed by atoms with Crippen LogP contribution >= 0.6 is 15.9 Å². The Balaban J connectivity index is 1.77. The van der Waals surface area contributed by atoms with E-state index in [1.165, 1.54) is 32.1 Å². The average molecular weight is 302 g/mol. The van der Waals surface area contributed by atoms with E-state index in [0.717, 1.165) is 13.0 Å². The summed E-state index contributed by atoms with van der Waals surface area (Å²) in [5.41, 5.74) is 0.206. The minimum absolute atomic E-state index is 0.206. The summed E-state index contributed by atoms with van der Waals surface area (Å²) < 4.78 is 0. The van der Waals surface area contributed by atoms with Gasteiger partial charge in [-0.3, -0.25) is 4.79 Å². The van der Waals surface area contributed by atoms with E-state index in [-0.39, 0.29) is 11.3 Å². The second-order valence-electron chi connectivity index (χ2n) is 6.45. The number of alkyl halides is 1. The molecule has 0 heterocycles. The third-order valence-corrected chi connectivity index (χ3v) is 5.45. The fraction of sp³-hybridized carbons (Fsp3) is 0.929. The predicted molar refractivity (Wildman–Crippen MR) is 74.2 cm³/mol. The van der Waals surface area contributed by atoms with Gasteiger partial charge in [0.05, 0.1) is 0 Å². The Morgan fingerprint density at radius 3 is 2.65 bits per heavy atom. The smallest absolute Gasteiger partial charge is 0.223 e. The van der Waals surface area contributed by atoms with E-state index < -0.39 is 0 Å². The van der Waals surface area contributed by atoms with Crippen molar-refractivity contribution in [2.45, 2.75) is 57.2 Å². The maximum absolute atomic E-state index is 12.2. The number of rotatable bonds is 3. The van der Waals surface area contributed by atoms with Gasteiger partial charge in [-0.05, 0) is 43.4 Å². The molecule has 2 nitrogen and oxygen atoms in total. The molecule has 17 heavy (non-hydrogen) atoms. The second kappa shape index (κ2) is 5.29. The first kappa shape index (κ1) is 13.4. The molecule has 1 N–H and O–H groups in total. The Kier molecular flexibility index (Phi) is 4.17. The molecule has 3 heteroatoms. The van der Waals surface area contributed by atoms with Crippen molar-refractivity contribution in [1.29, 1.82) is 0 Å². The monoisotopic (exact) mass is 301 g/mol. The highest BCUT2D eigenvalue weighted by molar-refractivity contribution is 9.09.